The summed E-state index contributed by atoms with van der Waals surface area (Å²) in [7, 11) is 2.96. The molecule has 208 valence electrons. The summed E-state index contributed by atoms with van der Waals surface area (Å²) in [5.41, 5.74) is 2.69. The number of rotatable bonds is 4. The van der Waals surface area contributed by atoms with E-state index in [2.05, 4.69) is 0 Å². The van der Waals surface area contributed by atoms with E-state index >= 15 is 0 Å². The number of amides is 1. The van der Waals surface area contributed by atoms with Crippen LogP contribution in [0.5, 0.6) is 5.75 Å². The first-order chi connectivity index (χ1) is 18.3. The number of likely N-dealkylation sites (N-methyl/N-ethyl adjacent to an activating group) is 1. The van der Waals surface area contributed by atoms with E-state index < -0.39 is 88.3 Å². The number of Topliss-reactive ketones (excluding diaryl/α,β-unsaturated/α-hetero) is 4. The van der Waals surface area contributed by atoms with Crippen molar-refractivity contribution >= 4 is 35.0 Å². The lowest BCUT2D eigenvalue weighted by Crippen LogP contribution is -2.78. The van der Waals surface area contributed by atoms with E-state index in [0.29, 0.717) is 18.4 Å². The first-order valence-electron chi connectivity index (χ1n) is 13.2. The van der Waals surface area contributed by atoms with Crippen LogP contribution in [0.15, 0.2) is 18.2 Å². The number of phenolic OH excluding ortho intramolecular Hbond substituents is 1. The van der Waals surface area contributed by atoms with Gasteiger partial charge >= 0.3 is 5.97 Å². The fourth-order valence-corrected chi connectivity index (χ4v) is 7.46. The molecule has 3 saturated carbocycles. The molecule has 4 aliphatic rings. The van der Waals surface area contributed by atoms with Crippen LogP contribution in [0.1, 0.15) is 54.4 Å². The summed E-state index contributed by atoms with van der Waals surface area (Å²) >= 11 is 0. The molecule has 3 unspecified atom stereocenters. The molecule has 8 atom stereocenters. The molecule has 11 nitrogen and oxygen atoms in total. The van der Waals surface area contributed by atoms with Gasteiger partial charge in [-0.3, -0.25) is 33.7 Å². The predicted molar refractivity (Wildman–Crippen MR) is 133 cm³/mol. The molecule has 1 amide bonds. The maximum absolute atomic E-state index is 14.1. The third-order valence-corrected chi connectivity index (χ3v) is 9.27. The number of esters is 1. The van der Waals surface area contributed by atoms with Gasteiger partial charge in [0.15, 0.2) is 34.7 Å². The molecule has 0 spiro atoms. The molecule has 3 fully saturated rings. The van der Waals surface area contributed by atoms with Crippen molar-refractivity contribution in [3.05, 3.63) is 29.3 Å². The van der Waals surface area contributed by atoms with Crippen LogP contribution in [0, 0.1) is 29.6 Å². The topological polar surface area (TPSA) is 181 Å². The Labute approximate surface area is 224 Å². The SMILES string of the molecule is C[C@H]1c2cccc(O)c2C(=O)C2C(=O)[C@]3(O)C(=O)C(C(N)=O)C(=O)C(N(C)C)[C@@H]3[C@@H](OC(=O)C3CCCC3)[C@@H]21. The molecule has 4 N–H and O–H groups in total. The van der Waals surface area contributed by atoms with Crippen molar-refractivity contribution in [3.8, 4) is 5.75 Å². The molecule has 0 radical (unpaired) electrons. The van der Waals surface area contributed by atoms with E-state index in [0.717, 1.165) is 12.8 Å². The van der Waals surface area contributed by atoms with E-state index in [1.54, 1.807) is 19.1 Å². The summed E-state index contributed by atoms with van der Waals surface area (Å²) < 4.78 is 6.05. The fraction of sp³-hybridized carbons (Fsp3) is 0.571. The highest BCUT2D eigenvalue weighted by Crippen LogP contribution is 2.55. The lowest BCUT2D eigenvalue weighted by atomic mass is 9.49. The molecule has 11 heteroatoms. The molecular weight excluding hydrogens is 508 g/mol. The molecule has 1 aromatic carbocycles. The molecule has 0 bridgehead atoms. The van der Waals surface area contributed by atoms with Crippen molar-refractivity contribution in [2.45, 2.75) is 56.3 Å². The van der Waals surface area contributed by atoms with E-state index in [9.17, 15) is 39.0 Å². The van der Waals surface area contributed by atoms with Gasteiger partial charge in [-0.1, -0.05) is 31.9 Å². The number of aliphatic hydroxyl groups is 1. The lowest BCUT2D eigenvalue weighted by Gasteiger charge is -2.56. The first-order valence-corrected chi connectivity index (χ1v) is 13.2. The fourth-order valence-electron chi connectivity index (χ4n) is 7.46. The Morgan fingerprint density at radius 3 is 2.31 bits per heavy atom. The Morgan fingerprint density at radius 2 is 1.72 bits per heavy atom. The van der Waals surface area contributed by atoms with Crippen molar-refractivity contribution in [3.63, 3.8) is 0 Å². The molecule has 0 aliphatic heterocycles. The Balaban J connectivity index is 1.75. The van der Waals surface area contributed by atoms with Crippen LogP contribution in [0.25, 0.3) is 0 Å². The first kappa shape index (κ1) is 27.1. The number of nitrogens with zero attached hydrogens (tertiary/aromatic N) is 1. The van der Waals surface area contributed by atoms with Crippen LogP contribution in [-0.2, 0) is 28.7 Å². The molecule has 4 aliphatic carbocycles. The van der Waals surface area contributed by atoms with E-state index in [4.69, 9.17) is 10.5 Å². The zero-order valence-electron chi connectivity index (χ0n) is 22.0. The minimum Gasteiger partial charge on any atom is -0.507 e. The highest BCUT2D eigenvalue weighted by atomic mass is 16.5. The summed E-state index contributed by atoms with van der Waals surface area (Å²) in [5.74, 6) is -14.1. The van der Waals surface area contributed by atoms with Gasteiger partial charge in [0.05, 0.1) is 29.4 Å². The Bertz CT molecular complexity index is 1300. The zero-order chi connectivity index (χ0) is 28.5. The number of fused-ring (bicyclic) bond motifs is 3. The number of aromatic hydroxyl groups is 1. The largest absolute Gasteiger partial charge is 0.507 e. The summed E-state index contributed by atoms with van der Waals surface area (Å²) in [6, 6.07) is 3.07. The van der Waals surface area contributed by atoms with Gasteiger partial charge in [-0.15, -0.1) is 0 Å². The van der Waals surface area contributed by atoms with Gasteiger partial charge in [0.2, 0.25) is 5.91 Å². The van der Waals surface area contributed by atoms with Crippen LogP contribution >= 0.6 is 0 Å². The minimum absolute atomic E-state index is 0.113. The number of phenols is 1. The second kappa shape index (κ2) is 9.34. The number of carbonyl (C=O) groups excluding carboxylic acids is 6. The number of nitrogens with two attached hydrogens (primary N) is 1. The van der Waals surface area contributed by atoms with Gasteiger partial charge < -0.3 is 20.7 Å². The molecule has 1 aromatic rings. The monoisotopic (exact) mass is 540 g/mol. The van der Waals surface area contributed by atoms with Gasteiger partial charge in [-0.05, 0) is 44.5 Å². The normalized spacial score (nSPS) is 36.4. The zero-order valence-corrected chi connectivity index (χ0v) is 22.0. The number of ether oxygens (including phenoxy) is 1. The van der Waals surface area contributed by atoms with Crippen molar-refractivity contribution in [1.82, 2.24) is 4.90 Å². The van der Waals surface area contributed by atoms with Gasteiger partial charge in [0.1, 0.15) is 11.9 Å². The molecule has 39 heavy (non-hydrogen) atoms. The number of ketones is 4. The maximum Gasteiger partial charge on any atom is 0.309 e. The molecule has 0 aromatic heterocycles. The smallest absolute Gasteiger partial charge is 0.309 e. The van der Waals surface area contributed by atoms with Crippen molar-refractivity contribution < 1.29 is 43.7 Å². The van der Waals surface area contributed by atoms with Gasteiger partial charge in [0.25, 0.3) is 0 Å². The van der Waals surface area contributed by atoms with Gasteiger partial charge in [-0.2, -0.15) is 0 Å². The average Bonchev–Trinajstić information content (AvgIpc) is 3.41. The number of primary amides is 1. The maximum atomic E-state index is 14.1. The van der Waals surface area contributed by atoms with Crippen LogP contribution in [0.2, 0.25) is 0 Å². The summed E-state index contributed by atoms with van der Waals surface area (Å²) in [5, 5.41) is 22.5. The summed E-state index contributed by atoms with van der Waals surface area (Å²) in [6.45, 7) is 1.71. The molecule has 5 rings (SSSR count). The molecule has 0 saturated heterocycles. The van der Waals surface area contributed by atoms with E-state index in [1.165, 1.54) is 25.1 Å². The quantitative estimate of drug-likeness (QED) is 0.351. The molecule has 0 heterocycles. The third kappa shape index (κ3) is 3.70. The number of hydrogen-bond donors (Lipinski definition) is 3. The third-order valence-electron chi connectivity index (χ3n) is 9.27. The second-order valence-electron chi connectivity index (χ2n) is 11.5. The Kier molecular flexibility index (Phi) is 6.50. The highest BCUT2D eigenvalue weighted by molar-refractivity contribution is 6.32. The van der Waals surface area contributed by atoms with Crippen LogP contribution in [0.4, 0.5) is 0 Å². The van der Waals surface area contributed by atoms with E-state index in [1.807, 2.05) is 0 Å². The Morgan fingerprint density at radius 1 is 1.08 bits per heavy atom. The van der Waals surface area contributed by atoms with Crippen molar-refractivity contribution in [2.75, 3.05) is 14.1 Å². The van der Waals surface area contributed by atoms with Crippen molar-refractivity contribution in [2.24, 2.45) is 35.3 Å². The summed E-state index contributed by atoms with van der Waals surface area (Å²) in [4.78, 5) is 82.2. The predicted octanol–water partition coefficient (Wildman–Crippen LogP) is 0.140. The van der Waals surface area contributed by atoms with Crippen LogP contribution in [-0.4, -0.2) is 82.0 Å². The minimum atomic E-state index is -3.01. The Hall–Kier alpha value is -3.44. The average molecular weight is 541 g/mol. The van der Waals surface area contributed by atoms with Crippen LogP contribution < -0.4 is 5.73 Å². The van der Waals surface area contributed by atoms with Crippen LogP contribution in [0.3, 0.4) is 0 Å². The second-order valence-corrected chi connectivity index (χ2v) is 11.5. The number of benzene rings is 1. The standard InChI is InChI=1S/C28H32N2O9/c1-11-13-9-6-10-14(31)16(13)21(32)17-15(11)23(39-27(37)12-7-4-5-8-12)19-20(30(2)3)22(33)18(26(29)36)25(35)28(19,38)24(17)34/h6,9-12,15,17-20,23,31,38H,4-5,7-8H2,1-3H3,(H2,29,36)/t11-,15+,17?,18?,19+,20?,23-,28-/m0/s1. The van der Waals surface area contributed by atoms with Crippen molar-refractivity contribution in [1.29, 1.82) is 0 Å². The summed E-state index contributed by atoms with van der Waals surface area (Å²) in [6.07, 6.45) is 1.40. The van der Waals surface area contributed by atoms with Gasteiger partial charge in [0, 0.05) is 5.92 Å². The number of carbonyl (C=O) groups is 6. The lowest BCUT2D eigenvalue weighted by molar-refractivity contribution is -0.207. The molecular formula is C28H32N2O9. The highest BCUT2D eigenvalue weighted by Gasteiger charge is 2.74. The van der Waals surface area contributed by atoms with Gasteiger partial charge in [-0.25, -0.2) is 0 Å². The number of hydrogen-bond acceptors (Lipinski definition) is 10. The van der Waals surface area contributed by atoms with E-state index in [-0.39, 0.29) is 11.3 Å².